The van der Waals surface area contributed by atoms with Crippen LogP contribution in [0.5, 0.6) is 0 Å². The van der Waals surface area contributed by atoms with Crippen molar-refractivity contribution < 1.29 is 4.92 Å². The Kier molecular flexibility index (Phi) is 2.36. The molecule has 0 N–H and O–H groups in total. The number of aliphatic imine (C=N–C) groups is 1. The van der Waals surface area contributed by atoms with Crippen LogP contribution in [-0.4, -0.2) is 10.6 Å². The third-order valence-corrected chi connectivity index (χ3v) is 3.58. The van der Waals surface area contributed by atoms with Gasteiger partial charge in [-0.25, -0.2) is 0 Å². The molecule has 1 aliphatic carbocycles. The molecule has 0 aromatic heterocycles. The number of hydrogen-bond donors (Lipinski definition) is 0. The molecule has 1 aromatic carbocycles. The number of fused-ring (bicyclic) bond motifs is 3. The lowest BCUT2D eigenvalue weighted by molar-refractivity contribution is -0.385. The predicted octanol–water partition coefficient (Wildman–Crippen LogP) is 3.79. The van der Waals surface area contributed by atoms with Crippen molar-refractivity contribution in [2.45, 2.75) is 6.42 Å². The first-order valence-electron chi connectivity index (χ1n) is 5.10. The van der Waals surface area contributed by atoms with E-state index in [0.717, 1.165) is 21.3 Å². The van der Waals surface area contributed by atoms with Gasteiger partial charge in [-0.2, -0.15) is 0 Å². The second-order valence-electron chi connectivity index (χ2n) is 3.84. The van der Waals surface area contributed by atoms with Gasteiger partial charge in [0.1, 0.15) is 0 Å². The number of nitro benzene ring substituents is 1. The maximum Gasteiger partial charge on any atom is 0.279 e. The van der Waals surface area contributed by atoms with E-state index in [1.807, 2.05) is 12.1 Å². The molecule has 84 valence electrons. The molecule has 0 fully saturated rings. The smallest absolute Gasteiger partial charge is 0.258 e. The van der Waals surface area contributed by atoms with Crippen LogP contribution in [0.1, 0.15) is 12.0 Å². The summed E-state index contributed by atoms with van der Waals surface area (Å²) in [6.07, 6.45) is 4.78. The van der Waals surface area contributed by atoms with Gasteiger partial charge in [0, 0.05) is 21.6 Å². The lowest BCUT2D eigenvalue weighted by atomic mass is 9.96. The van der Waals surface area contributed by atoms with E-state index in [1.165, 1.54) is 6.07 Å². The van der Waals surface area contributed by atoms with Gasteiger partial charge in [0.15, 0.2) is 0 Å². The molecule has 0 amide bonds. The van der Waals surface area contributed by atoms with E-state index in [0.29, 0.717) is 11.3 Å². The molecule has 0 saturated heterocycles. The quantitative estimate of drug-likeness (QED) is 0.444. The van der Waals surface area contributed by atoms with E-state index in [9.17, 15) is 10.1 Å². The van der Waals surface area contributed by atoms with Crippen molar-refractivity contribution in [2.24, 2.45) is 4.99 Å². The van der Waals surface area contributed by atoms with Gasteiger partial charge in [0.05, 0.1) is 21.9 Å². The molecule has 2 aliphatic rings. The van der Waals surface area contributed by atoms with Crippen LogP contribution < -0.4 is 0 Å². The summed E-state index contributed by atoms with van der Waals surface area (Å²) in [5.74, 6) is 0. The molecule has 17 heavy (non-hydrogen) atoms. The Morgan fingerprint density at radius 2 is 2.24 bits per heavy atom. The maximum absolute atomic E-state index is 11.0. The fourth-order valence-electron chi connectivity index (χ4n) is 2.10. The molecular formula is C12H7IN2O2. The second-order valence-corrected chi connectivity index (χ2v) is 5.08. The number of hydrogen-bond acceptors (Lipinski definition) is 3. The number of nitrogens with zero attached hydrogens (tertiary/aromatic N) is 2. The fraction of sp³-hybridized carbons (Fsp3) is 0.0833. The van der Waals surface area contributed by atoms with E-state index in [1.54, 1.807) is 6.07 Å². The Labute approximate surface area is 111 Å². The number of allylic oxidation sites excluding steroid dienone is 4. The van der Waals surface area contributed by atoms with Gasteiger partial charge in [-0.05, 0) is 34.7 Å². The van der Waals surface area contributed by atoms with Crippen molar-refractivity contribution in [2.75, 3.05) is 0 Å². The molecule has 1 aromatic rings. The predicted molar refractivity (Wildman–Crippen MR) is 74.9 cm³/mol. The average Bonchev–Trinajstić information content (AvgIpc) is 2.66. The van der Waals surface area contributed by atoms with Crippen molar-refractivity contribution in [3.05, 3.63) is 49.6 Å². The first-order chi connectivity index (χ1) is 8.16. The fourth-order valence-corrected chi connectivity index (χ4v) is 2.63. The molecule has 0 radical (unpaired) electrons. The Morgan fingerprint density at radius 1 is 1.41 bits per heavy atom. The molecule has 0 atom stereocenters. The largest absolute Gasteiger partial charge is 0.279 e. The van der Waals surface area contributed by atoms with Crippen molar-refractivity contribution in [3.8, 4) is 0 Å². The molecular weight excluding hydrogens is 331 g/mol. The van der Waals surface area contributed by atoms with Crippen LogP contribution in [0, 0.1) is 10.1 Å². The molecule has 1 aliphatic heterocycles. The van der Waals surface area contributed by atoms with Crippen LogP contribution in [0.2, 0.25) is 0 Å². The normalized spacial score (nSPS) is 16.6. The Balaban J connectivity index is 2.26. The molecule has 3 rings (SSSR count). The van der Waals surface area contributed by atoms with Gasteiger partial charge in [0.25, 0.3) is 5.69 Å². The molecule has 0 unspecified atom stereocenters. The van der Waals surface area contributed by atoms with Crippen LogP contribution in [-0.2, 0) is 0 Å². The lowest BCUT2D eigenvalue weighted by Crippen LogP contribution is -2.02. The average molecular weight is 338 g/mol. The Bertz CT molecular complexity index is 629. The summed E-state index contributed by atoms with van der Waals surface area (Å²) < 4.78 is 1.10. The highest BCUT2D eigenvalue weighted by Gasteiger charge is 2.29. The number of rotatable bonds is 1. The third-order valence-electron chi connectivity index (χ3n) is 2.83. The molecule has 1 heterocycles. The Morgan fingerprint density at radius 3 is 3.00 bits per heavy atom. The molecule has 0 saturated carbocycles. The minimum atomic E-state index is -0.344. The van der Waals surface area contributed by atoms with Gasteiger partial charge >= 0.3 is 0 Å². The van der Waals surface area contributed by atoms with Crippen LogP contribution >= 0.6 is 22.6 Å². The first-order valence-corrected chi connectivity index (χ1v) is 6.18. The summed E-state index contributed by atoms with van der Waals surface area (Å²) in [6, 6.07) is 5.03. The minimum absolute atomic E-state index is 0.138. The zero-order valence-corrected chi connectivity index (χ0v) is 10.8. The highest BCUT2D eigenvalue weighted by atomic mass is 127. The van der Waals surface area contributed by atoms with Crippen LogP contribution in [0.25, 0.3) is 5.57 Å². The SMILES string of the molecule is O=[N+]([O-])c1cccc2c1C1=CC(I)=CCC1=N2. The number of benzene rings is 1. The van der Waals surface area contributed by atoms with E-state index >= 15 is 0 Å². The van der Waals surface area contributed by atoms with Crippen molar-refractivity contribution in [3.63, 3.8) is 0 Å². The summed E-state index contributed by atoms with van der Waals surface area (Å²) in [5, 5.41) is 11.0. The van der Waals surface area contributed by atoms with E-state index in [4.69, 9.17) is 0 Å². The van der Waals surface area contributed by atoms with Crippen molar-refractivity contribution in [1.82, 2.24) is 0 Å². The number of nitro groups is 1. The summed E-state index contributed by atoms with van der Waals surface area (Å²) in [4.78, 5) is 15.1. The van der Waals surface area contributed by atoms with Gasteiger partial charge < -0.3 is 0 Å². The topological polar surface area (TPSA) is 55.5 Å². The number of halogens is 1. The van der Waals surface area contributed by atoms with Crippen molar-refractivity contribution >= 4 is 45.3 Å². The van der Waals surface area contributed by atoms with Gasteiger partial charge in [-0.1, -0.05) is 12.1 Å². The summed E-state index contributed by atoms with van der Waals surface area (Å²) in [6.45, 7) is 0. The van der Waals surface area contributed by atoms with Gasteiger partial charge in [-0.15, -0.1) is 0 Å². The third kappa shape index (κ3) is 1.61. The zero-order chi connectivity index (χ0) is 12.0. The van der Waals surface area contributed by atoms with Gasteiger partial charge in [0.2, 0.25) is 0 Å². The summed E-state index contributed by atoms with van der Waals surface area (Å²) >= 11 is 2.22. The lowest BCUT2D eigenvalue weighted by Gasteiger charge is -2.08. The minimum Gasteiger partial charge on any atom is -0.258 e. The summed E-state index contributed by atoms with van der Waals surface area (Å²) in [5.41, 5.74) is 3.34. The highest BCUT2D eigenvalue weighted by molar-refractivity contribution is 14.1. The maximum atomic E-state index is 11.0. The zero-order valence-electron chi connectivity index (χ0n) is 8.68. The molecule has 5 heteroatoms. The van der Waals surface area contributed by atoms with E-state index in [2.05, 4.69) is 33.7 Å². The highest BCUT2D eigenvalue weighted by Crippen LogP contribution is 2.43. The van der Waals surface area contributed by atoms with Gasteiger partial charge in [-0.3, -0.25) is 15.1 Å². The summed E-state index contributed by atoms with van der Waals surface area (Å²) in [7, 11) is 0. The van der Waals surface area contributed by atoms with E-state index < -0.39 is 0 Å². The molecule has 0 bridgehead atoms. The Hall–Kier alpha value is -1.50. The molecule has 0 spiro atoms. The van der Waals surface area contributed by atoms with Crippen LogP contribution in [0.3, 0.4) is 0 Å². The van der Waals surface area contributed by atoms with Crippen molar-refractivity contribution in [1.29, 1.82) is 0 Å². The van der Waals surface area contributed by atoms with Crippen LogP contribution in [0.4, 0.5) is 11.4 Å². The first kappa shape index (κ1) is 10.6. The van der Waals surface area contributed by atoms with E-state index in [-0.39, 0.29) is 10.6 Å². The standard InChI is InChI=1S/C12H7IN2O2/c13-7-4-5-9-8(6-7)12-10(14-9)2-1-3-11(12)15(16)17/h1-4,6H,5H2. The monoisotopic (exact) mass is 338 g/mol. The second kappa shape index (κ2) is 3.76. The molecule has 4 nitrogen and oxygen atoms in total. The van der Waals surface area contributed by atoms with Crippen LogP contribution in [0.15, 0.2) is 38.9 Å².